The monoisotopic (exact) mass is 275 g/mol. The Balaban J connectivity index is 2.82. The molecule has 0 aliphatic heterocycles. The van der Waals surface area contributed by atoms with E-state index in [1.165, 1.54) is 12.1 Å². The second kappa shape index (κ2) is 5.49. The molecule has 0 aliphatic carbocycles. The molecule has 0 aromatic carbocycles. The number of amides is 1. The van der Waals surface area contributed by atoms with Crippen LogP contribution in [-0.2, 0) is 4.74 Å². The van der Waals surface area contributed by atoms with E-state index in [-0.39, 0.29) is 16.7 Å². The number of ether oxygens (including phenoxy) is 1. The molecule has 1 heterocycles. The molecule has 100 valence electrons. The molecule has 0 aliphatic rings. The predicted molar refractivity (Wildman–Crippen MR) is 64.9 cm³/mol. The number of carbonyl (C=O) groups excluding carboxylic acids is 1. The van der Waals surface area contributed by atoms with Gasteiger partial charge in [0.2, 0.25) is 0 Å². The van der Waals surface area contributed by atoms with Gasteiger partial charge in [-0.25, -0.2) is 15.0 Å². The highest BCUT2D eigenvalue weighted by Crippen LogP contribution is 2.16. The van der Waals surface area contributed by atoms with Crippen molar-refractivity contribution in [1.29, 1.82) is 0 Å². The lowest BCUT2D eigenvalue weighted by Gasteiger charge is -2.19. The Bertz CT molecular complexity index is 445. The molecule has 3 N–H and O–H groups in total. The van der Waals surface area contributed by atoms with E-state index in [1.54, 1.807) is 20.8 Å². The number of halogens is 1. The quantitative estimate of drug-likeness (QED) is 0.561. The van der Waals surface area contributed by atoms with Crippen LogP contribution in [0, 0.1) is 5.21 Å². The molecule has 18 heavy (non-hydrogen) atoms. The Morgan fingerprint density at radius 2 is 2.17 bits per heavy atom. The lowest BCUT2D eigenvalue weighted by Crippen LogP contribution is -2.99. The largest absolute Gasteiger partial charge is 0.595 e. The molecule has 1 rings (SSSR count). The highest BCUT2D eigenvalue weighted by Gasteiger charge is 2.17. The average Bonchev–Trinajstić information content (AvgIpc) is 2.12. The van der Waals surface area contributed by atoms with Gasteiger partial charge in [-0.3, -0.25) is 5.32 Å². The first-order valence-electron chi connectivity index (χ1n) is 5.08. The zero-order valence-electron chi connectivity index (χ0n) is 10.2. The van der Waals surface area contributed by atoms with Gasteiger partial charge < -0.3 is 9.94 Å². The molecule has 0 saturated heterocycles. The third-order valence-electron chi connectivity index (χ3n) is 1.67. The zero-order valence-corrected chi connectivity index (χ0v) is 10.9. The maximum Gasteiger partial charge on any atom is 0.413 e. The maximum atomic E-state index is 11.5. The van der Waals surface area contributed by atoms with Gasteiger partial charge in [-0.2, -0.15) is 5.23 Å². The second-order valence-corrected chi connectivity index (χ2v) is 4.88. The summed E-state index contributed by atoms with van der Waals surface area (Å²) in [6.45, 7) is 5.13. The summed E-state index contributed by atoms with van der Waals surface area (Å²) in [6.07, 6.45) is -0.728. The zero-order chi connectivity index (χ0) is 13.9. The Kier molecular flexibility index (Phi) is 4.47. The van der Waals surface area contributed by atoms with Crippen molar-refractivity contribution in [3.8, 4) is 0 Å². The molecule has 1 amide bonds. The molecule has 7 nitrogen and oxygen atoms in total. The van der Waals surface area contributed by atoms with E-state index in [0.29, 0.717) is 0 Å². The molecule has 8 heteroatoms. The van der Waals surface area contributed by atoms with Crippen LogP contribution in [0.3, 0.4) is 0 Å². The molecule has 1 aromatic rings. The minimum absolute atomic E-state index is 0.0224. The van der Waals surface area contributed by atoms with Crippen molar-refractivity contribution in [2.75, 3.05) is 5.32 Å². The van der Waals surface area contributed by atoms with Crippen LogP contribution in [-0.4, -0.2) is 21.9 Å². The lowest BCUT2D eigenvalue weighted by atomic mass is 10.2. The number of nitrogens with one attached hydrogen (secondary N) is 2. The number of carbonyl (C=O) groups is 1. The fourth-order valence-electron chi connectivity index (χ4n) is 1.09. The fraction of sp³-hybridized carbons (Fsp3) is 0.400. The van der Waals surface area contributed by atoms with E-state index in [2.05, 4.69) is 10.3 Å². The third kappa shape index (κ3) is 4.84. The van der Waals surface area contributed by atoms with Crippen molar-refractivity contribution >= 4 is 29.2 Å². The number of quaternary nitrogens is 1. The van der Waals surface area contributed by atoms with Crippen LogP contribution in [0.15, 0.2) is 12.1 Å². The van der Waals surface area contributed by atoms with Crippen LogP contribution in [0.25, 0.3) is 0 Å². The second-order valence-electron chi connectivity index (χ2n) is 4.50. The summed E-state index contributed by atoms with van der Waals surface area (Å²) in [6, 6.07) is 2.38. The number of pyridine rings is 1. The van der Waals surface area contributed by atoms with E-state index in [4.69, 9.17) is 21.5 Å². The SMILES string of the molecule is CC(C)(C)OC(=O)Nc1cc([NH+]([O-])O)cc(Cl)n1. The van der Waals surface area contributed by atoms with Gasteiger partial charge in [-0.1, -0.05) is 11.6 Å². The van der Waals surface area contributed by atoms with Gasteiger partial charge in [0.1, 0.15) is 16.6 Å². The standard InChI is InChI=1S/C10H14ClN3O4/c1-10(2,3)18-9(15)13-8-5-6(14(16)17)4-7(11)12-8/h4-5,14,16H,1-3H3,(H,12,13,15). The van der Waals surface area contributed by atoms with Crippen molar-refractivity contribution in [2.45, 2.75) is 26.4 Å². The van der Waals surface area contributed by atoms with Crippen molar-refractivity contribution in [1.82, 2.24) is 4.98 Å². The summed E-state index contributed by atoms with van der Waals surface area (Å²) in [5.41, 5.74) is -0.723. The first kappa shape index (κ1) is 14.7. The number of nitrogens with zero attached hydrogens (tertiary/aromatic N) is 1. The van der Waals surface area contributed by atoms with Crippen LogP contribution in [0.1, 0.15) is 20.8 Å². The molecular formula is C10H14ClN3O4. The van der Waals surface area contributed by atoms with E-state index < -0.39 is 16.9 Å². The van der Waals surface area contributed by atoms with Gasteiger partial charge >= 0.3 is 6.09 Å². The summed E-state index contributed by atoms with van der Waals surface area (Å²) < 4.78 is 5.00. The third-order valence-corrected chi connectivity index (χ3v) is 1.86. The molecule has 1 aromatic heterocycles. The molecular weight excluding hydrogens is 262 g/mol. The van der Waals surface area contributed by atoms with Crippen molar-refractivity contribution in [2.24, 2.45) is 0 Å². The summed E-state index contributed by atoms with van der Waals surface area (Å²) in [5, 5.41) is 20.7. The number of aromatic nitrogens is 1. The predicted octanol–water partition coefficient (Wildman–Crippen LogP) is 1.49. The van der Waals surface area contributed by atoms with Gasteiger partial charge in [-0.15, -0.1) is 0 Å². The first-order chi connectivity index (χ1) is 8.17. The molecule has 0 radical (unpaired) electrons. The number of rotatable bonds is 2. The lowest BCUT2D eigenvalue weighted by molar-refractivity contribution is -0.991. The van der Waals surface area contributed by atoms with E-state index in [0.717, 1.165) is 0 Å². The number of anilines is 1. The van der Waals surface area contributed by atoms with Crippen LogP contribution in [0.4, 0.5) is 16.3 Å². The fourth-order valence-corrected chi connectivity index (χ4v) is 1.30. The van der Waals surface area contributed by atoms with E-state index in [1.807, 2.05) is 0 Å². The van der Waals surface area contributed by atoms with Crippen LogP contribution >= 0.6 is 11.6 Å². The van der Waals surface area contributed by atoms with Crippen molar-refractivity contribution in [3.63, 3.8) is 0 Å². The summed E-state index contributed by atoms with van der Waals surface area (Å²) in [7, 11) is 0. The summed E-state index contributed by atoms with van der Waals surface area (Å²) in [5.74, 6) is 0.0224. The summed E-state index contributed by atoms with van der Waals surface area (Å²) >= 11 is 5.64. The van der Waals surface area contributed by atoms with Crippen molar-refractivity contribution in [3.05, 3.63) is 22.5 Å². The minimum Gasteiger partial charge on any atom is -0.595 e. The number of hydrogen-bond acceptors (Lipinski definition) is 5. The van der Waals surface area contributed by atoms with E-state index >= 15 is 0 Å². The first-order valence-corrected chi connectivity index (χ1v) is 5.46. The normalized spacial score (nSPS) is 13.0. The van der Waals surface area contributed by atoms with E-state index in [9.17, 15) is 10.0 Å². The highest BCUT2D eigenvalue weighted by atomic mass is 35.5. The number of hydrogen-bond donors (Lipinski definition) is 3. The summed E-state index contributed by atoms with van der Waals surface area (Å²) in [4.78, 5) is 15.2. The average molecular weight is 276 g/mol. The maximum absolute atomic E-state index is 11.5. The van der Waals surface area contributed by atoms with Gasteiger partial charge in [-0.05, 0) is 20.8 Å². The Morgan fingerprint density at radius 3 is 2.67 bits per heavy atom. The molecule has 0 fully saturated rings. The highest BCUT2D eigenvalue weighted by molar-refractivity contribution is 6.29. The Hall–Kier alpha value is -1.41. The smallest absolute Gasteiger partial charge is 0.413 e. The van der Waals surface area contributed by atoms with Gasteiger partial charge in [0.05, 0.1) is 0 Å². The Labute approximate surface area is 109 Å². The molecule has 0 bridgehead atoms. The van der Waals surface area contributed by atoms with Crippen LogP contribution < -0.4 is 10.5 Å². The Morgan fingerprint density at radius 1 is 1.56 bits per heavy atom. The topological polar surface area (TPSA) is 99.0 Å². The van der Waals surface area contributed by atoms with Gasteiger partial charge in [0.25, 0.3) is 0 Å². The van der Waals surface area contributed by atoms with Crippen LogP contribution in [0.2, 0.25) is 5.15 Å². The van der Waals surface area contributed by atoms with Gasteiger partial charge in [0, 0.05) is 12.1 Å². The van der Waals surface area contributed by atoms with Crippen molar-refractivity contribution < 1.29 is 20.0 Å². The van der Waals surface area contributed by atoms with Gasteiger partial charge in [0.15, 0.2) is 5.69 Å². The minimum atomic E-state index is -1.16. The molecule has 1 atom stereocenters. The molecule has 0 saturated carbocycles. The molecule has 1 unspecified atom stereocenters. The molecule has 0 spiro atoms. The van der Waals surface area contributed by atoms with Crippen LogP contribution in [0.5, 0.6) is 0 Å².